The number of benzene rings is 2. The molecule has 1 fully saturated rings. The summed E-state index contributed by atoms with van der Waals surface area (Å²) in [5.74, 6) is 0.662. The molecule has 0 unspecified atom stereocenters. The lowest BCUT2D eigenvalue weighted by molar-refractivity contribution is 0.125. The Morgan fingerprint density at radius 2 is 1.59 bits per heavy atom. The highest BCUT2D eigenvalue weighted by molar-refractivity contribution is 5.58. The van der Waals surface area contributed by atoms with Gasteiger partial charge in [0, 0.05) is 50.8 Å². The number of aromatic nitrogens is 1. The highest BCUT2D eigenvalue weighted by Gasteiger charge is 2.16. The molecule has 0 atom stereocenters. The Labute approximate surface area is 171 Å². The van der Waals surface area contributed by atoms with Gasteiger partial charge in [-0.1, -0.05) is 35.5 Å². The van der Waals surface area contributed by atoms with E-state index in [9.17, 15) is 4.39 Å². The molecule has 2 heterocycles. The van der Waals surface area contributed by atoms with E-state index < -0.39 is 0 Å². The second-order valence-electron chi connectivity index (χ2n) is 7.75. The van der Waals surface area contributed by atoms with E-state index in [1.165, 1.54) is 17.7 Å². The molecule has 3 aromatic rings. The van der Waals surface area contributed by atoms with Crippen LogP contribution < -0.4 is 0 Å². The van der Waals surface area contributed by atoms with Crippen molar-refractivity contribution < 1.29 is 8.91 Å². The molecule has 0 radical (unpaired) electrons. The van der Waals surface area contributed by atoms with Crippen LogP contribution in [0.25, 0.3) is 11.3 Å². The summed E-state index contributed by atoms with van der Waals surface area (Å²) in [6.45, 7) is 6.75. The van der Waals surface area contributed by atoms with Crippen molar-refractivity contribution in [2.45, 2.75) is 25.8 Å². The summed E-state index contributed by atoms with van der Waals surface area (Å²) in [5, 5.41) is 4.11. The Bertz CT molecular complexity index is 871. The van der Waals surface area contributed by atoms with Crippen LogP contribution in [0.2, 0.25) is 0 Å². The summed E-state index contributed by atoms with van der Waals surface area (Å²) in [6.07, 6.45) is 3.13. The normalized spacial score (nSPS) is 15.6. The summed E-state index contributed by atoms with van der Waals surface area (Å²) in [6, 6.07) is 19.0. The lowest BCUT2D eigenvalue weighted by atomic mass is 10.1. The maximum absolute atomic E-state index is 13.0. The third kappa shape index (κ3) is 5.75. The summed E-state index contributed by atoms with van der Waals surface area (Å²) in [7, 11) is 0. The molecule has 0 aliphatic carbocycles. The second-order valence-corrected chi connectivity index (χ2v) is 7.75. The van der Waals surface area contributed by atoms with Crippen LogP contribution in [0.5, 0.6) is 0 Å². The number of rotatable bonds is 8. The molecule has 5 heteroatoms. The van der Waals surface area contributed by atoms with Gasteiger partial charge in [-0.25, -0.2) is 4.39 Å². The van der Waals surface area contributed by atoms with Crippen LogP contribution in [0.4, 0.5) is 4.39 Å². The number of aryl methyl sites for hydroxylation is 1. The summed E-state index contributed by atoms with van der Waals surface area (Å²) in [5.41, 5.74) is 3.05. The van der Waals surface area contributed by atoms with Crippen LogP contribution in [-0.4, -0.2) is 47.7 Å². The van der Waals surface area contributed by atoms with E-state index in [0.717, 1.165) is 75.5 Å². The van der Waals surface area contributed by atoms with Gasteiger partial charge in [-0.3, -0.25) is 4.90 Å². The van der Waals surface area contributed by atoms with Gasteiger partial charge in [0.15, 0.2) is 0 Å². The molecule has 152 valence electrons. The quantitative estimate of drug-likeness (QED) is 0.523. The van der Waals surface area contributed by atoms with Crippen molar-refractivity contribution in [3.63, 3.8) is 0 Å². The minimum absolute atomic E-state index is 0.238. The lowest BCUT2D eigenvalue weighted by Crippen LogP contribution is -2.46. The topological polar surface area (TPSA) is 32.5 Å². The molecule has 29 heavy (non-hydrogen) atoms. The molecule has 0 saturated carbocycles. The van der Waals surface area contributed by atoms with Crippen molar-refractivity contribution in [1.29, 1.82) is 0 Å². The Morgan fingerprint density at radius 1 is 0.862 bits per heavy atom. The minimum Gasteiger partial charge on any atom is -0.361 e. The van der Waals surface area contributed by atoms with Crippen LogP contribution in [0, 0.1) is 5.82 Å². The SMILES string of the molecule is Fc1ccc(-c2cc(CCCCN3CCN(Cc4ccccc4)CC3)on2)cc1. The number of unbranched alkanes of at least 4 members (excludes halogenated alkanes) is 1. The molecule has 0 spiro atoms. The molecular formula is C24H28FN3O. The fourth-order valence-corrected chi connectivity index (χ4v) is 3.83. The van der Waals surface area contributed by atoms with Crippen molar-refractivity contribution in [2.75, 3.05) is 32.7 Å². The lowest BCUT2D eigenvalue weighted by Gasteiger charge is -2.34. The molecule has 4 rings (SSSR count). The Morgan fingerprint density at radius 3 is 2.34 bits per heavy atom. The molecule has 4 nitrogen and oxygen atoms in total. The van der Waals surface area contributed by atoms with Crippen LogP contribution in [0.1, 0.15) is 24.2 Å². The summed E-state index contributed by atoms with van der Waals surface area (Å²) >= 11 is 0. The van der Waals surface area contributed by atoms with Crippen LogP contribution >= 0.6 is 0 Å². The van der Waals surface area contributed by atoms with Crippen molar-refractivity contribution in [2.24, 2.45) is 0 Å². The van der Waals surface area contributed by atoms with Gasteiger partial charge >= 0.3 is 0 Å². The molecule has 0 amide bonds. The minimum atomic E-state index is -0.238. The monoisotopic (exact) mass is 393 g/mol. The first-order valence-electron chi connectivity index (χ1n) is 10.5. The molecule has 1 aromatic heterocycles. The van der Waals surface area contributed by atoms with E-state index in [1.54, 1.807) is 12.1 Å². The molecule has 1 saturated heterocycles. The predicted molar refractivity (Wildman–Crippen MR) is 113 cm³/mol. The molecule has 0 N–H and O–H groups in total. The fourth-order valence-electron chi connectivity index (χ4n) is 3.83. The van der Waals surface area contributed by atoms with E-state index >= 15 is 0 Å². The zero-order valence-corrected chi connectivity index (χ0v) is 16.8. The Balaban J connectivity index is 1.14. The van der Waals surface area contributed by atoms with Gasteiger partial charge < -0.3 is 9.42 Å². The third-order valence-electron chi connectivity index (χ3n) is 5.56. The van der Waals surface area contributed by atoms with E-state index in [1.807, 2.05) is 6.07 Å². The number of piperazine rings is 1. The standard InChI is InChI=1S/C24H28FN3O/c25-22-11-9-21(10-12-22)24-18-23(29-26-24)8-4-5-13-27-14-16-28(17-15-27)19-20-6-2-1-3-7-20/h1-3,6-7,9-12,18H,4-5,8,13-17,19H2. The van der Waals surface area contributed by atoms with Gasteiger partial charge in [0.2, 0.25) is 0 Å². The molecule has 1 aliphatic rings. The Hall–Kier alpha value is -2.50. The van der Waals surface area contributed by atoms with Crippen molar-refractivity contribution in [1.82, 2.24) is 15.0 Å². The van der Waals surface area contributed by atoms with Crippen LogP contribution in [0.3, 0.4) is 0 Å². The fraction of sp³-hybridized carbons (Fsp3) is 0.375. The maximum Gasteiger partial charge on any atom is 0.137 e. The average molecular weight is 394 g/mol. The van der Waals surface area contributed by atoms with Gasteiger partial charge in [-0.2, -0.15) is 0 Å². The zero-order valence-electron chi connectivity index (χ0n) is 16.8. The highest BCUT2D eigenvalue weighted by atomic mass is 19.1. The molecule has 2 aromatic carbocycles. The van der Waals surface area contributed by atoms with Gasteiger partial charge in [0.1, 0.15) is 17.3 Å². The van der Waals surface area contributed by atoms with Gasteiger partial charge in [-0.15, -0.1) is 0 Å². The second kappa shape index (κ2) is 9.81. The average Bonchev–Trinajstić information content (AvgIpc) is 3.23. The third-order valence-corrected chi connectivity index (χ3v) is 5.56. The molecule has 0 bridgehead atoms. The first kappa shape index (κ1) is 19.8. The summed E-state index contributed by atoms with van der Waals surface area (Å²) in [4.78, 5) is 5.10. The predicted octanol–water partition coefficient (Wildman–Crippen LogP) is 4.62. The van der Waals surface area contributed by atoms with E-state index in [4.69, 9.17) is 4.52 Å². The van der Waals surface area contributed by atoms with Gasteiger partial charge in [0.05, 0.1) is 0 Å². The molecule has 1 aliphatic heterocycles. The van der Waals surface area contributed by atoms with E-state index in [0.29, 0.717) is 0 Å². The number of hydrogen-bond donors (Lipinski definition) is 0. The number of halogens is 1. The highest BCUT2D eigenvalue weighted by Crippen LogP contribution is 2.20. The smallest absolute Gasteiger partial charge is 0.137 e. The maximum atomic E-state index is 13.0. The van der Waals surface area contributed by atoms with Gasteiger partial charge in [0.25, 0.3) is 0 Å². The zero-order chi connectivity index (χ0) is 19.9. The number of hydrogen-bond acceptors (Lipinski definition) is 4. The first-order valence-corrected chi connectivity index (χ1v) is 10.5. The summed E-state index contributed by atoms with van der Waals surface area (Å²) < 4.78 is 18.5. The largest absolute Gasteiger partial charge is 0.361 e. The van der Waals surface area contributed by atoms with E-state index in [-0.39, 0.29) is 5.82 Å². The Kier molecular flexibility index (Phi) is 6.70. The van der Waals surface area contributed by atoms with Crippen molar-refractivity contribution in [3.8, 4) is 11.3 Å². The number of nitrogens with zero attached hydrogens (tertiary/aromatic N) is 3. The first-order chi connectivity index (χ1) is 14.3. The van der Waals surface area contributed by atoms with Crippen molar-refractivity contribution in [3.05, 3.63) is 77.8 Å². The van der Waals surface area contributed by atoms with Gasteiger partial charge in [-0.05, 0) is 49.2 Å². The van der Waals surface area contributed by atoms with Crippen LogP contribution in [-0.2, 0) is 13.0 Å². The van der Waals surface area contributed by atoms with Crippen molar-refractivity contribution >= 4 is 0 Å². The van der Waals surface area contributed by atoms with Crippen LogP contribution in [0.15, 0.2) is 65.2 Å². The van der Waals surface area contributed by atoms with E-state index in [2.05, 4.69) is 45.3 Å². The molecular weight excluding hydrogens is 365 g/mol.